The second-order valence-electron chi connectivity index (χ2n) is 8.57. The summed E-state index contributed by atoms with van der Waals surface area (Å²) < 4.78 is 4.79. The number of methoxy groups -OCH3 is 1. The van der Waals surface area contributed by atoms with Crippen LogP contribution >= 0.6 is 11.8 Å². The van der Waals surface area contributed by atoms with Gasteiger partial charge < -0.3 is 20.9 Å². The number of carboxylic acid groups (broad SMARTS) is 1. The molecule has 4 N–H and O–H groups in total. The Kier molecular flexibility index (Phi) is 13.7. The summed E-state index contributed by atoms with van der Waals surface area (Å²) in [6, 6.07) is 11.9. The Morgan fingerprint density at radius 1 is 1.13 bits per heavy atom. The van der Waals surface area contributed by atoms with E-state index in [2.05, 4.69) is 5.32 Å². The summed E-state index contributed by atoms with van der Waals surface area (Å²) in [6.07, 6.45) is -0.443. The topological polar surface area (TPSA) is 179 Å². The quantitative estimate of drug-likeness (QED) is 0.191. The highest BCUT2D eigenvalue weighted by molar-refractivity contribution is 7.99. The third-order valence-corrected chi connectivity index (χ3v) is 6.27. The first-order chi connectivity index (χ1) is 17.9. The largest absolute Gasteiger partial charge is 0.490 e. The lowest BCUT2D eigenvalue weighted by atomic mass is 10.0. The zero-order chi connectivity index (χ0) is 28.8. The highest BCUT2D eigenvalue weighted by Crippen LogP contribution is 2.27. The number of nitrogens with one attached hydrogen (secondary N) is 1. The Labute approximate surface area is 225 Å². The van der Waals surface area contributed by atoms with Gasteiger partial charge in [0.25, 0.3) is 0 Å². The smallest absolute Gasteiger partial charge is 0.311 e. The second-order valence-corrected chi connectivity index (χ2v) is 9.56. The highest BCUT2D eigenvalue weighted by Gasteiger charge is 2.26. The highest BCUT2D eigenvalue weighted by atomic mass is 32.2. The molecular weight excluding hydrogens is 514 g/mol. The monoisotopic (exact) mass is 547 g/mol. The number of nitrogens with two attached hydrogens (primary N) is 1. The van der Waals surface area contributed by atoms with E-state index in [-0.39, 0.29) is 34.7 Å². The van der Waals surface area contributed by atoms with Gasteiger partial charge in [0.2, 0.25) is 5.91 Å². The average molecular weight is 548 g/mol. The van der Waals surface area contributed by atoms with Crippen molar-refractivity contribution in [3.05, 3.63) is 69.8 Å². The van der Waals surface area contributed by atoms with E-state index < -0.39 is 35.3 Å². The van der Waals surface area contributed by atoms with E-state index in [0.29, 0.717) is 11.3 Å². The molecule has 2 rings (SSSR count). The summed E-state index contributed by atoms with van der Waals surface area (Å²) in [5, 5.41) is 22.0. The van der Waals surface area contributed by atoms with E-state index >= 15 is 0 Å². The van der Waals surface area contributed by atoms with Gasteiger partial charge in [-0.05, 0) is 30.5 Å². The van der Waals surface area contributed by atoms with Crippen LogP contribution in [0.15, 0.2) is 48.5 Å². The maximum atomic E-state index is 12.3. The van der Waals surface area contributed by atoms with Gasteiger partial charge in [-0.3, -0.25) is 29.3 Å². The van der Waals surface area contributed by atoms with Crippen LogP contribution in [0.5, 0.6) is 5.75 Å². The summed E-state index contributed by atoms with van der Waals surface area (Å²) in [4.78, 5) is 56.1. The van der Waals surface area contributed by atoms with Crippen molar-refractivity contribution in [2.45, 2.75) is 45.0 Å². The Bertz CT molecular complexity index is 1120. The van der Waals surface area contributed by atoms with E-state index in [0.717, 1.165) is 5.56 Å². The molecule has 0 fully saturated rings. The predicted molar refractivity (Wildman–Crippen MR) is 144 cm³/mol. The number of nitro groups is 1. The molecule has 1 unspecified atom stereocenters. The molecule has 0 heterocycles. The minimum atomic E-state index is -1.14. The molecule has 11 nitrogen and oxygen atoms in total. The maximum absolute atomic E-state index is 12.3. The number of ether oxygens (including phenoxy) is 1. The third kappa shape index (κ3) is 11.1. The normalized spacial score (nSPS) is 11.9. The number of nitrogens with zero attached hydrogens (tertiary/aromatic N) is 1. The molecule has 0 radical (unpaired) electrons. The third-order valence-electron chi connectivity index (χ3n) is 5.24. The fourth-order valence-electron chi connectivity index (χ4n) is 2.99. The van der Waals surface area contributed by atoms with Gasteiger partial charge in [0, 0.05) is 17.4 Å². The molecule has 0 aliphatic heterocycles. The number of benzene rings is 2. The molecule has 12 heteroatoms. The number of carbonyl (C=O) groups excluding carboxylic acids is 3. The van der Waals surface area contributed by atoms with E-state index in [1.165, 1.54) is 44.0 Å². The fraction of sp³-hybridized carbons (Fsp3) is 0.385. The lowest BCUT2D eigenvalue weighted by Crippen LogP contribution is -2.51. The standard InChI is InChI=1S/C17H24N2O4S.C9H9NO4/c1-11(2)16(18)17(23)19-13(8-15(21)22)14(20)10-24-9-12-6-4-3-5-7-12;1-6(11)7-3-4-9(14-2)8(5-7)10(12)13/h3-7,11,13,16H,8-10,18H2,1-2H3,(H,19,23)(H,21,22);3-5H,1-2H3/t13?,16-;/m0./s1. The molecule has 1 amide bonds. The first-order valence-electron chi connectivity index (χ1n) is 11.6. The van der Waals surface area contributed by atoms with Gasteiger partial charge in [-0.25, -0.2) is 0 Å². The summed E-state index contributed by atoms with van der Waals surface area (Å²) in [5.41, 5.74) is 6.93. The molecule has 206 valence electrons. The number of rotatable bonds is 13. The van der Waals surface area contributed by atoms with Gasteiger partial charge in [0.1, 0.15) is 0 Å². The van der Waals surface area contributed by atoms with Crippen LogP contribution in [0.2, 0.25) is 0 Å². The van der Waals surface area contributed by atoms with Crippen LogP contribution < -0.4 is 15.8 Å². The Morgan fingerprint density at radius 2 is 1.76 bits per heavy atom. The molecule has 38 heavy (non-hydrogen) atoms. The zero-order valence-electron chi connectivity index (χ0n) is 21.7. The summed E-state index contributed by atoms with van der Waals surface area (Å²) >= 11 is 1.39. The van der Waals surface area contributed by atoms with Crippen molar-refractivity contribution >= 4 is 40.9 Å². The first kappa shape index (κ1) is 32.3. The number of hydrogen-bond donors (Lipinski definition) is 3. The number of carbonyl (C=O) groups is 4. The molecule has 2 atom stereocenters. The molecule has 0 aromatic heterocycles. The van der Waals surface area contributed by atoms with Crippen molar-refractivity contribution < 1.29 is 33.9 Å². The Morgan fingerprint density at radius 3 is 2.26 bits per heavy atom. The van der Waals surface area contributed by atoms with Crippen molar-refractivity contribution in [2.75, 3.05) is 12.9 Å². The molecule has 2 aromatic carbocycles. The lowest BCUT2D eigenvalue weighted by Gasteiger charge is -2.20. The lowest BCUT2D eigenvalue weighted by molar-refractivity contribution is -0.385. The van der Waals surface area contributed by atoms with Crippen molar-refractivity contribution in [3.8, 4) is 5.75 Å². The first-order valence-corrected chi connectivity index (χ1v) is 12.8. The van der Waals surface area contributed by atoms with Gasteiger partial charge in [-0.2, -0.15) is 0 Å². The van der Waals surface area contributed by atoms with E-state index in [1.807, 2.05) is 30.3 Å². The maximum Gasteiger partial charge on any atom is 0.311 e. The van der Waals surface area contributed by atoms with E-state index in [1.54, 1.807) is 13.8 Å². The minimum Gasteiger partial charge on any atom is -0.490 e. The van der Waals surface area contributed by atoms with E-state index in [4.69, 9.17) is 15.6 Å². The molecule has 0 bridgehead atoms. The SMILES string of the molecule is CC(C)[C@H](N)C(=O)NC(CC(=O)O)C(=O)CSCc1ccccc1.COc1ccc(C(C)=O)cc1[N+](=O)[O-]. The molecule has 0 aliphatic carbocycles. The van der Waals surface area contributed by atoms with Crippen molar-refractivity contribution in [2.24, 2.45) is 11.7 Å². The van der Waals surface area contributed by atoms with E-state index in [9.17, 15) is 29.3 Å². The van der Waals surface area contributed by atoms with Gasteiger partial charge >= 0.3 is 11.7 Å². The molecule has 2 aromatic rings. The summed E-state index contributed by atoms with van der Waals surface area (Å²) in [5.74, 6) is -1.34. The number of nitro benzene ring substituents is 1. The van der Waals surface area contributed by atoms with Crippen LogP contribution in [0.3, 0.4) is 0 Å². The number of Topliss-reactive ketones (excluding diaryl/α,β-unsaturated/α-hetero) is 2. The number of ketones is 2. The number of carboxylic acids is 1. The van der Waals surface area contributed by atoms with Gasteiger partial charge in [0.15, 0.2) is 17.3 Å². The number of amides is 1. The van der Waals surface area contributed by atoms with Crippen molar-refractivity contribution in [3.63, 3.8) is 0 Å². The summed E-state index contributed by atoms with van der Waals surface area (Å²) in [7, 11) is 1.34. The second kappa shape index (κ2) is 16.2. The van der Waals surface area contributed by atoms with Crippen molar-refractivity contribution in [1.29, 1.82) is 0 Å². The van der Waals surface area contributed by atoms with Crippen LogP contribution in [-0.2, 0) is 20.1 Å². The molecule has 0 saturated carbocycles. The van der Waals surface area contributed by atoms with Crippen LogP contribution in [0, 0.1) is 16.0 Å². The Balaban J connectivity index is 0.000000437. The molecular formula is C26H33N3O8S. The van der Waals surface area contributed by atoms with Gasteiger partial charge in [0.05, 0.1) is 36.3 Å². The minimum absolute atomic E-state index is 0.0990. The van der Waals surface area contributed by atoms with Crippen molar-refractivity contribution in [1.82, 2.24) is 5.32 Å². The number of aliphatic carboxylic acids is 1. The Hall–Kier alpha value is -3.77. The zero-order valence-corrected chi connectivity index (χ0v) is 22.5. The number of thioether (sulfide) groups is 1. The van der Waals surface area contributed by atoms with Crippen LogP contribution in [0.1, 0.15) is 43.1 Å². The molecule has 0 saturated heterocycles. The van der Waals surface area contributed by atoms with Crippen LogP contribution in [0.25, 0.3) is 0 Å². The fourth-order valence-corrected chi connectivity index (χ4v) is 3.92. The van der Waals surface area contributed by atoms with Crippen LogP contribution in [0.4, 0.5) is 5.69 Å². The van der Waals surface area contributed by atoms with Gasteiger partial charge in [-0.15, -0.1) is 11.8 Å². The molecule has 0 aliphatic rings. The average Bonchev–Trinajstić information content (AvgIpc) is 2.87. The van der Waals surface area contributed by atoms with Crippen LogP contribution in [-0.4, -0.2) is 58.4 Å². The van der Waals surface area contributed by atoms with Gasteiger partial charge in [-0.1, -0.05) is 44.2 Å². The number of hydrogen-bond acceptors (Lipinski definition) is 9. The molecule has 0 spiro atoms. The summed E-state index contributed by atoms with van der Waals surface area (Å²) in [6.45, 7) is 4.92. The predicted octanol–water partition coefficient (Wildman–Crippen LogP) is 3.24.